The Kier molecular flexibility index (Phi) is 3.91. The van der Waals surface area contributed by atoms with Gasteiger partial charge in [-0.2, -0.15) is 0 Å². The van der Waals surface area contributed by atoms with Crippen molar-refractivity contribution in [2.24, 2.45) is 11.1 Å². The Labute approximate surface area is 117 Å². The van der Waals surface area contributed by atoms with Gasteiger partial charge in [0.1, 0.15) is 5.75 Å². The molecule has 2 rings (SSSR count). The van der Waals surface area contributed by atoms with Crippen LogP contribution in [0, 0.1) is 12.3 Å². The number of nitrogens with two attached hydrogens (primary N) is 1. The topological polar surface area (TPSA) is 35.2 Å². The highest BCUT2D eigenvalue weighted by atomic mass is 16.5. The largest absolute Gasteiger partial charge is 0.493 e. The van der Waals surface area contributed by atoms with Crippen molar-refractivity contribution < 1.29 is 4.74 Å². The molecule has 0 saturated heterocycles. The molecular formula is C17H27NO. The van der Waals surface area contributed by atoms with Gasteiger partial charge < -0.3 is 10.5 Å². The third kappa shape index (κ3) is 3.50. The van der Waals surface area contributed by atoms with Crippen LogP contribution in [0.3, 0.4) is 0 Å². The second-order valence-electron chi connectivity index (χ2n) is 7.08. The summed E-state index contributed by atoms with van der Waals surface area (Å²) in [6.45, 7) is 10.4. The van der Waals surface area contributed by atoms with Crippen molar-refractivity contribution in [3.63, 3.8) is 0 Å². The molecule has 0 aromatic heterocycles. The van der Waals surface area contributed by atoms with Crippen LogP contribution in [-0.2, 0) is 5.41 Å². The smallest absolute Gasteiger partial charge is 0.123 e. The molecule has 1 saturated carbocycles. The van der Waals surface area contributed by atoms with Crippen LogP contribution in [0.1, 0.15) is 51.2 Å². The van der Waals surface area contributed by atoms with Crippen LogP contribution in [-0.4, -0.2) is 13.2 Å². The normalized spacial score (nSPS) is 17.3. The van der Waals surface area contributed by atoms with E-state index >= 15 is 0 Å². The van der Waals surface area contributed by atoms with Crippen LogP contribution < -0.4 is 10.5 Å². The number of aryl methyl sites for hydroxylation is 1. The third-order valence-electron chi connectivity index (χ3n) is 4.11. The number of benzene rings is 1. The van der Waals surface area contributed by atoms with E-state index in [0.717, 1.165) is 25.3 Å². The highest BCUT2D eigenvalue weighted by molar-refractivity contribution is 5.41. The summed E-state index contributed by atoms with van der Waals surface area (Å²) in [5.74, 6) is 1.05. The maximum Gasteiger partial charge on any atom is 0.123 e. The summed E-state index contributed by atoms with van der Waals surface area (Å²) in [5, 5.41) is 0. The van der Waals surface area contributed by atoms with E-state index < -0.39 is 0 Å². The molecule has 2 heteroatoms. The van der Waals surface area contributed by atoms with Gasteiger partial charge in [-0.25, -0.2) is 0 Å². The predicted molar refractivity (Wildman–Crippen MR) is 80.7 cm³/mol. The summed E-state index contributed by atoms with van der Waals surface area (Å²) in [4.78, 5) is 0. The lowest BCUT2D eigenvalue weighted by molar-refractivity contribution is 0.222. The lowest BCUT2D eigenvalue weighted by Crippen LogP contribution is -2.20. The van der Waals surface area contributed by atoms with Gasteiger partial charge in [0.25, 0.3) is 0 Å². The molecule has 19 heavy (non-hydrogen) atoms. The third-order valence-corrected chi connectivity index (χ3v) is 4.11. The Morgan fingerprint density at radius 2 is 1.95 bits per heavy atom. The quantitative estimate of drug-likeness (QED) is 0.875. The molecule has 0 unspecified atom stereocenters. The van der Waals surface area contributed by atoms with Crippen LogP contribution in [0.15, 0.2) is 18.2 Å². The van der Waals surface area contributed by atoms with Crippen molar-refractivity contribution in [1.29, 1.82) is 0 Å². The van der Waals surface area contributed by atoms with Gasteiger partial charge in [-0.15, -0.1) is 0 Å². The van der Waals surface area contributed by atoms with Gasteiger partial charge in [-0.3, -0.25) is 0 Å². The molecule has 1 aliphatic carbocycles. The first kappa shape index (κ1) is 14.4. The van der Waals surface area contributed by atoms with E-state index in [-0.39, 0.29) is 5.41 Å². The molecule has 0 bridgehead atoms. The van der Waals surface area contributed by atoms with Crippen LogP contribution in [0.2, 0.25) is 0 Å². The van der Waals surface area contributed by atoms with Crippen molar-refractivity contribution in [3.8, 4) is 5.75 Å². The first-order chi connectivity index (χ1) is 8.86. The maximum absolute atomic E-state index is 6.17. The summed E-state index contributed by atoms with van der Waals surface area (Å²) in [7, 11) is 0. The minimum atomic E-state index is 0.119. The summed E-state index contributed by atoms with van der Waals surface area (Å²) >= 11 is 0. The van der Waals surface area contributed by atoms with E-state index in [2.05, 4.69) is 45.9 Å². The number of ether oxygens (including phenoxy) is 1. The molecule has 1 fully saturated rings. The average molecular weight is 261 g/mol. The van der Waals surface area contributed by atoms with Crippen LogP contribution in [0.25, 0.3) is 0 Å². The van der Waals surface area contributed by atoms with Crippen molar-refractivity contribution in [2.75, 3.05) is 13.2 Å². The number of hydrogen-bond donors (Lipinski definition) is 1. The van der Waals surface area contributed by atoms with E-state index in [1.165, 1.54) is 24.0 Å². The van der Waals surface area contributed by atoms with E-state index in [4.69, 9.17) is 10.5 Å². The second-order valence-corrected chi connectivity index (χ2v) is 7.08. The molecule has 0 radical (unpaired) electrons. The zero-order valence-corrected chi connectivity index (χ0v) is 12.8. The molecule has 0 atom stereocenters. The molecular weight excluding hydrogens is 234 g/mol. The molecule has 0 amide bonds. The highest BCUT2D eigenvalue weighted by Crippen LogP contribution is 2.49. The first-order valence-corrected chi connectivity index (χ1v) is 7.30. The van der Waals surface area contributed by atoms with Gasteiger partial charge in [0, 0.05) is 5.41 Å². The molecule has 2 nitrogen and oxygen atoms in total. The van der Waals surface area contributed by atoms with Gasteiger partial charge in [0.15, 0.2) is 0 Å². The molecule has 1 aromatic carbocycles. The van der Waals surface area contributed by atoms with Crippen LogP contribution in [0.5, 0.6) is 5.75 Å². The average Bonchev–Trinajstić information content (AvgIpc) is 3.06. The molecule has 1 aromatic rings. The first-order valence-electron chi connectivity index (χ1n) is 7.30. The number of hydrogen-bond acceptors (Lipinski definition) is 2. The molecule has 1 aliphatic rings. The van der Waals surface area contributed by atoms with Crippen molar-refractivity contribution >= 4 is 0 Å². The van der Waals surface area contributed by atoms with Gasteiger partial charge in [0.05, 0.1) is 6.61 Å². The van der Waals surface area contributed by atoms with Gasteiger partial charge >= 0.3 is 0 Å². The standard InChI is InChI=1S/C17H27NO/c1-13-5-6-14(16(2,3)4)15(11-13)19-12-17(7-8-17)9-10-18/h5-6,11H,7-10,12,18H2,1-4H3. The Morgan fingerprint density at radius 3 is 2.47 bits per heavy atom. The highest BCUT2D eigenvalue weighted by Gasteiger charge is 2.42. The van der Waals surface area contributed by atoms with Crippen molar-refractivity contribution in [3.05, 3.63) is 29.3 Å². The summed E-state index contributed by atoms with van der Waals surface area (Å²) in [6, 6.07) is 6.53. The van der Waals surface area contributed by atoms with Crippen molar-refractivity contribution in [2.45, 2.75) is 52.4 Å². The summed E-state index contributed by atoms with van der Waals surface area (Å²) < 4.78 is 6.17. The predicted octanol–water partition coefficient (Wildman–Crippen LogP) is 3.80. The van der Waals surface area contributed by atoms with Gasteiger partial charge in [-0.05, 0) is 55.3 Å². The Hall–Kier alpha value is -1.02. The van der Waals surface area contributed by atoms with Crippen LogP contribution >= 0.6 is 0 Å². The van der Waals surface area contributed by atoms with E-state index in [9.17, 15) is 0 Å². The zero-order valence-electron chi connectivity index (χ0n) is 12.8. The van der Waals surface area contributed by atoms with Gasteiger partial charge in [-0.1, -0.05) is 32.9 Å². The molecule has 106 valence electrons. The molecule has 0 spiro atoms. The van der Waals surface area contributed by atoms with Gasteiger partial charge in [0.2, 0.25) is 0 Å². The molecule has 2 N–H and O–H groups in total. The minimum absolute atomic E-state index is 0.119. The lowest BCUT2D eigenvalue weighted by atomic mass is 9.86. The van der Waals surface area contributed by atoms with Crippen molar-refractivity contribution in [1.82, 2.24) is 0 Å². The fraction of sp³-hybridized carbons (Fsp3) is 0.647. The zero-order chi connectivity index (χ0) is 14.1. The fourth-order valence-electron chi connectivity index (χ4n) is 2.55. The monoisotopic (exact) mass is 261 g/mol. The van der Waals surface area contributed by atoms with E-state index in [0.29, 0.717) is 5.41 Å². The second kappa shape index (κ2) is 5.16. The lowest BCUT2D eigenvalue weighted by Gasteiger charge is -2.25. The van der Waals surface area contributed by atoms with E-state index in [1.54, 1.807) is 0 Å². The summed E-state index contributed by atoms with van der Waals surface area (Å²) in [6.07, 6.45) is 3.62. The fourth-order valence-corrected chi connectivity index (χ4v) is 2.55. The molecule has 0 aliphatic heterocycles. The Morgan fingerprint density at radius 1 is 1.26 bits per heavy atom. The Bertz CT molecular complexity index is 441. The minimum Gasteiger partial charge on any atom is -0.493 e. The summed E-state index contributed by atoms with van der Waals surface area (Å²) in [5.41, 5.74) is 8.73. The maximum atomic E-state index is 6.17. The van der Waals surface area contributed by atoms with E-state index in [1.807, 2.05) is 0 Å². The molecule has 0 heterocycles. The van der Waals surface area contributed by atoms with Crippen LogP contribution in [0.4, 0.5) is 0 Å². The SMILES string of the molecule is Cc1ccc(C(C)(C)C)c(OCC2(CCN)CC2)c1. The Balaban J connectivity index is 2.13. The number of rotatable bonds is 5.